The molecule has 84 valence electrons. The maximum atomic E-state index is 6.09. The summed E-state index contributed by atoms with van der Waals surface area (Å²) >= 11 is 13.6. The zero-order valence-corrected chi connectivity index (χ0v) is 10.7. The van der Waals surface area contributed by atoms with E-state index in [1.807, 2.05) is 17.5 Å². The molecule has 1 aromatic carbocycles. The van der Waals surface area contributed by atoms with Crippen LogP contribution in [0, 0.1) is 0 Å². The molecule has 0 aliphatic carbocycles. The highest BCUT2D eigenvalue weighted by Gasteiger charge is 2.12. The van der Waals surface area contributed by atoms with Gasteiger partial charge >= 0.3 is 0 Å². The van der Waals surface area contributed by atoms with Crippen LogP contribution in [0.1, 0.15) is 17.3 Å². The zero-order valence-electron chi connectivity index (χ0n) is 8.36. The summed E-state index contributed by atoms with van der Waals surface area (Å²) in [5.74, 6) is 0. The fourth-order valence-corrected chi connectivity index (χ4v) is 2.47. The highest BCUT2D eigenvalue weighted by Crippen LogP contribution is 2.28. The van der Waals surface area contributed by atoms with Crippen LogP contribution < -0.4 is 5.73 Å². The first-order valence-electron chi connectivity index (χ1n) is 4.75. The number of thiazole rings is 1. The highest BCUT2D eigenvalue weighted by atomic mass is 35.5. The maximum absolute atomic E-state index is 6.09. The average molecular weight is 273 g/mol. The van der Waals surface area contributed by atoms with Gasteiger partial charge in [-0.15, -0.1) is 11.3 Å². The normalized spacial score (nSPS) is 12.7. The molecule has 0 aliphatic rings. The van der Waals surface area contributed by atoms with Gasteiger partial charge in [0.25, 0.3) is 0 Å². The molecular weight excluding hydrogens is 263 g/mol. The van der Waals surface area contributed by atoms with Crippen LogP contribution in [0.5, 0.6) is 0 Å². The van der Waals surface area contributed by atoms with Crippen molar-refractivity contribution in [1.82, 2.24) is 4.98 Å². The van der Waals surface area contributed by atoms with Crippen molar-refractivity contribution in [2.75, 3.05) is 0 Å². The Morgan fingerprint density at radius 1 is 1.38 bits per heavy atom. The molecule has 16 heavy (non-hydrogen) atoms. The van der Waals surface area contributed by atoms with E-state index in [1.54, 1.807) is 11.6 Å². The predicted octanol–water partition coefficient (Wildman–Crippen LogP) is 3.69. The summed E-state index contributed by atoms with van der Waals surface area (Å²) in [4.78, 5) is 4.18. The van der Waals surface area contributed by atoms with E-state index in [1.165, 1.54) is 11.3 Å². The average Bonchev–Trinajstić information content (AvgIpc) is 2.78. The Balaban J connectivity index is 2.18. The van der Waals surface area contributed by atoms with Crippen molar-refractivity contribution < 1.29 is 0 Å². The second kappa shape index (κ2) is 5.15. The minimum Gasteiger partial charge on any atom is -0.322 e. The summed E-state index contributed by atoms with van der Waals surface area (Å²) in [6, 6.07) is 5.43. The molecule has 0 bridgehead atoms. The van der Waals surface area contributed by atoms with Crippen molar-refractivity contribution in [1.29, 1.82) is 0 Å². The van der Waals surface area contributed by atoms with Crippen LogP contribution >= 0.6 is 34.5 Å². The molecule has 0 aliphatic heterocycles. The lowest BCUT2D eigenvalue weighted by Crippen LogP contribution is -2.13. The molecule has 2 rings (SSSR count). The zero-order chi connectivity index (χ0) is 11.5. The van der Waals surface area contributed by atoms with Crippen molar-refractivity contribution >= 4 is 34.5 Å². The predicted molar refractivity (Wildman–Crippen MR) is 69.2 cm³/mol. The van der Waals surface area contributed by atoms with Crippen molar-refractivity contribution in [3.8, 4) is 0 Å². The molecule has 0 fully saturated rings. The second-order valence-electron chi connectivity index (χ2n) is 3.44. The fraction of sp³-hybridized carbons (Fsp3) is 0.182. The Morgan fingerprint density at radius 2 is 2.19 bits per heavy atom. The quantitative estimate of drug-likeness (QED) is 0.926. The van der Waals surface area contributed by atoms with Crippen molar-refractivity contribution in [2.24, 2.45) is 5.73 Å². The third-order valence-corrected chi connectivity index (χ3v) is 3.77. The molecule has 0 amide bonds. The number of aromatic nitrogens is 1. The topological polar surface area (TPSA) is 38.9 Å². The maximum Gasteiger partial charge on any atom is 0.0795 e. The second-order valence-corrected chi connectivity index (χ2v) is 4.94. The van der Waals surface area contributed by atoms with Crippen LogP contribution in [-0.2, 0) is 6.42 Å². The molecule has 0 radical (unpaired) electrons. The van der Waals surface area contributed by atoms with Gasteiger partial charge in [-0.1, -0.05) is 35.3 Å². The summed E-state index contributed by atoms with van der Waals surface area (Å²) in [6.07, 6.45) is 0.642. The molecular formula is C11H10Cl2N2S. The van der Waals surface area contributed by atoms with Gasteiger partial charge in [0.05, 0.1) is 27.3 Å². The summed E-state index contributed by atoms with van der Waals surface area (Å²) < 4.78 is 0. The largest absolute Gasteiger partial charge is 0.322 e. The third kappa shape index (κ3) is 2.55. The first-order chi connectivity index (χ1) is 7.68. The van der Waals surface area contributed by atoms with E-state index in [0.717, 1.165) is 11.3 Å². The van der Waals surface area contributed by atoms with Gasteiger partial charge < -0.3 is 5.73 Å². The van der Waals surface area contributed by atoms with E-state index in [0.29, 0.717) is 16.5 Å². The minimum atomic E-state index is -0.137. The molecule has 1 unspecified atom stereocenters. The van der Waals surface area contributed by atoms with Crippen LogP contribution in [0.15, 0.2) is 29.1 Å². The lowest BCUT2D eigenvalue weighted by atomic mass is 10.0. The summed E-state index contributed by atoms with van der Waals surface area (Å²) in [7, 11) is 0. The van der Waals surface area contributed by atoms with Crippen LogP contribution in [0.2, 0.25) is 10.0 Å². The molecule has 1 heterocycles. The van der Waals surface area contributed by atoms with Crippen LogP contribution in [0.4, 0.5) is 0 Å². The Hall–Kier alpha value is -0.610. The number of rotatable bonds is 3. The third-order valence-electron chi connectivity index (χ3n) is 2.30. The van der Waals surface area contributed by atoms with Gasteiger partial charge in [0.1, 0.15) is 0 Å². The Labute approximate surface area is 108 Å². The van der Waals surface area contributed by atoms with Gasteiger partial charge in [-0.05, 0) is 18.1 Å². The van der Waals surface area contributed by atoms with E-state index >= 15 is 0 Å². The number of hydrogen-bond donors (Lipinski definition) is 1. The van der Waals surface area contributed by atoms with E-state index in [2.05, 4.69) is 4.98 Å². The van der Waals surface area contributed by atoms with Crippen molar-refractivity contribution in [3.05, 3.63) is 50.4 Å². The Bertz CT molecular complexity index is 471. The lowest BCUT2D eigenvalue weighted by Gasteiger charge is -2.10. The van der Waals surface area contributed by atoms with E-state index in [9.17, 15) is 0 Å². The van der Waals surface area contributed by atoms with E-state index in [4.69, 9.17) is 28.9 Å². The van der Waals surface area contributed by atoms with Gasteiger partial charge in [-0.3, -0.25) is 0 Å². The van der Waals surface area contributed by atoms with Gasteiger partial charge in [0.2, 0.25) is 0 Å². The summed E-state index contributed by atoms with van der Waals surface area (Å²) in [5, 5.41) is 3.09. The molecule has 0 saturated heterocycles. The number of hydrogen-bond acceptors (Lipinski definition) is 3. The van der Waals surface area contributed by atoms with Crippen molar-refractivity contribution in [2.45, 2.75) is 12.5 Å². The Morgan fingerprint density at radius 3 is 2.88 bits per heavy atom. The Kier molecular flexibility index (Phi) is 3.82. The fourth-order valence-electron chi connectivity index (χ4n) is 1.45. The van der Waals surface area contributed by atoms with Gasteiger partial charge in [0, 0.05) is 5.38 Å². The van der Waals surface area contributed by atoms with Gasteiger partial charge in [-0.2, -0.15) is 0 Å². The van der Waals surface area contributed by atoms with Crippen LogP contribution in [0.3, 0.4) is 0 Å². The highest BCUT2D eigenvalue weighted by molar-refractivity contribution is 7.07. The molecule has 1 atom stereocenters. The lowest BCUT2D eigenvalue weighted by molar-refractivity contribution is 0.702. The number of benzene rings is 1. The number of nitrogens with zero attached hydrogens (tertiary/aromatic N) is 1. The van der Waals surface area contributed by atoms with E-state index < -0.39 is 0 Å². The number of nitrogens with two attached hydrogens (primary N) is 1. The standard InChI is InChI=1S/C11H10Cl2N2S/c12-8-3-1-2-7(11(8)13)4-9(14)10-5-16-6-15-10/h1-3,5-6,9H,4,14H2. The van der Waals surface area contributed by atoms with Gasteiger partial charge in [-0.25, -0.2) is 4.98 Å². The molecule has 2 nitrogen and oxygen atoms in total. The smallest absolute Gasteiger partial charge is 0.0795 e. The van der Waals surface area contributed by atoms with Crippen LogP contribution in [-0.4, -0.2) is 4.98 Å². The first kappa shape index (κ1) is 11.9. The molecule has 0 saturated carbocycles. The summed E-state index contributed by atoms with van der Waals surface area (Å²) in [6.45, 7) is 0. The van der Waals surface area contributed by atoms with Crippen molar-refractivity contribution in [3.63, 3.8) is 0 Å². The van der Waals surface area contributed by atoms with Crippen LogP contribution in [0.25, 0.3) is 0 Å². The monoisotopic (exact) mass is 272 g/mol. The molecule has 2 N–H and O–H groups in total. The number of halogens is 2. The molecule has 0 spiro atoms. The SMILES string of the molecule is NC(Cc1cccc(Cl)c1Cl)c1cscn1. The molecule has 1 aromatic heterocycles. The summed E-state index contributed by atoms with van der Waals surface area (Å²) in [5.41, 5.74) is 9.65. The minimum absolute atomic E-state index is 0.137. The van der Waals surface area contributed by atoms with E-state index in [-0.39, 0.29) is 6.04 Å². The molecule has 2 aromatic rings. The molecule has 5 heteroatoms. The first-order valence-corrected chi connectivity index (χ1v) is 6.45. The van der Waals surface area contributed by atoms with Gasteiger partial charge in [0.15, 0.2) is 0 Å².